The zero-order valence-corrected chi connectivity index (χ0v) is 14.4. The number of amidine groups is 1. The van der Waals surface area contributed by atoms with Crippen molar-refractivity contribution in [2.24, 2.45) is 5.10 Å². The lowest BCUT2D eigenvalue weighted by Gasteiger charge is -2.25. The van der Waals surface area contributed by atoms with Gasteiger partial charge in [-0.15, -0.1) is 12.6 Å². The van der Waals surface area contributed by atoms with Crippen LogP contribution in [0.4, 0.5) is 11.4 Å². The van der Waals surface area contributed by atoms with E-state index in [9.17, 15) is 10.2 Å². The van der Waals surface area contributed by atoms with E-state index in [0.29, 0.717) is 17.1 Å². The molecular weight excluding hydrogens is 324 g/mol. The molecule has 0 aromatic heterocycles. The highest BCUT2D eigenvalue weighted by Gasteiger charge is 2.29. The van der Waals surface area contributed by atoms with Crippen LogP contribution in [0.2, 0.25) is 0 Å². The summed E-state index contributed by atoms with van der Waals surface area (Å²) in [6.45, 7) is 2.05. The first-order valence-corrected chi connectivity index (χ1v) is 8.20. The number of aromatic hydroxyl groups is 2. The van der Waals surface area contributed by atoms with E-state index in [1.807, 2.05) is 23.1 Å². The maximum Gasteiger partial charge on any atom is 0.166 e. The first kappa shape index (κ1) is 16.3. The molecule has 0 aliphatic carbocycles. The molecule has 126 valence electrons. The Bertz CT molecular complexity index is 794. The van der Waals surface area contributed by atoms with Crippen molar-refractivity contribution in [3.05, 3.63) is 47.5 Å². The summed E-state index contributed by atoms with van der Waals surface area (Å²) < 4.78 is 0. The fourth-order valence-electron chi connectivity index (χ4n) is 2.66. The molecule has 0 saturated heterocycles. The summed E-state index contributed by atoms with van der Waals surface area (Å²) in [4.78, 5) is 1.82. The molecule has 3 rings (SSSR count). The van der Waals surface area contributed by atoms with Crippen LogP contribution < -0.4 is 15.6 Å². The SMILES string of the molecule is CCc1ccc(O)c(C2=NNC(S)N2c2ccc(NC)c(O)c2)c1. The van der Waals surface area contributed by atoms with Gasteiger partial charge in [0, 0.05) is 18.8 Å². The van der Waals surface area contributed by atoms with Crippen LogP contribution in [-0.4, -0.2) is 28.6 Å². The van der Waals surface area contributed by atoms with E-state index in [1.165, 1.54) is 0 Å². The zero-order chi connectivity index (χ0) is 17.3. The molecule has 4 N–H and O–H groups in total. The van der Waals surface area contributed by atoms with E-state index in [-0.39, 0.29) is 11.5 Å². The van der Waals surface area contributed by atoms with E-state index in [2.05, 4.69) is 35.4 Å². The average Bonchev–Trinajstić information content (AvgIpc) is 2.96. The van der Waals surface area contributed by atoms with E-state index in [4.69, 9.17) is 0 Å². The molecule has 6 nitrogen and oxygen atoms in total. The maximum atomic E-state index is 10.3. The molecule has 1 heterocycles. The third kappa shape index (κ3) is 2.82. The van der Waals surface area contributed by atoms with Crippen molar-refractivity contribution in [1.82, 2.24) is 5.43 Å². The van der Waals surface area contributed by atoms with Crippen molar-refractivity contribution in [3.8, 4) is 11.5 Å². The first-order valence-electron chi connectivity index (χ1n) is 7.68. The monoisotopic (exact) mass is 344 g/mol. The van der Waals surface area contributed by atoms with Gasteiger partial charge in [-0.05, 0) is 36.2 Å². The minimum Gasteiger partial charge on any atom is -0.507 e. The van der Waals surface area contributed by atoms with Crippen LogP contribution in [0.25, 0.3) is 0 Å². The molecule has 0 bridgehead atoms. The van der Waals surface area contributed by atoms with Crippen LogP contribution in [0.5, 0.6) is 11.5 Å². The van der Waals surface area contributed by atoms with Gasteiger partial charge in [0.05, 0.1) is 11.3 Å². The van der Waals surface area contributed by atoms with E-state index in [0.717, 1.165) is 17.7 Å². The van der Waals surface area contributed by atoms with Gasteiger partial charge >= 0.3 is 0 Å². The smallest absolute Gasteiger partial charge is 0.166 e. The van der Waals surface area contributed by atoms with Gasteiger partial charge in [-0.1, -0.05) is 13.0 Å². The van der Waals surface area contributed by atoms with Crippen molar-refractivity contribution in [2.75, 3.05) is 17.3 Å². The second-order valence-electron chi connectivity index (χ2n) is 5.46. The summed E-state index contributed by atoms with van der Waals surface area (Å²) in [5.41, 5.74) is 5.57. The molecule has 2 aromatic carbocycles. The van der Waals surface area contributed by atoms with Crippen LogP contribution in [0.15, 0.2) is 41.5 Å². The molecule has 0 radical (unpaired) electrons. The Hall–Kier alpha value is -2.54. The van der Waals surface area contributed by atoms with Crippen LogP contribution in [0.3, 0.4) is 0 Å². The summed E-state index contributed by atoms with van der Waals surface area (Å²) in [5.74, 6) is 0.837. The maximum absolute atomic E-state index is 10.3. The summed E-state index contributed by atoms with van der Waals surface area (Å²) in [6, 6.07) is 10.7. The zero-order valence-electron chi connectivity index (χ0n) is 13.5. The second-order valence-corrected chi connectivity index (χ2v) is 5.95. The highest BCUT2D eigenvalue weighted by molar-refractivity contribution is 7.81. The van der Waals surface area contributed by atoms with Crippen molar-refractivity contribution in [3.63, 3.8) is 0 Å². The number of benzene rings is 2. The fourth-order valence-corrected chi connectivity index (χ4v) is 2.96. The van der Waals surface area contributed by atoms with Crippen LogP contribution in [-0.2, 0) is 6.42 Å². The Morgan fingerprint density at radius 3 is 2.67 bits per heavy atom. The topological polar surface area (TPSA) is 80.1 Å². The number of nitrogens with zero attached hydrogens (tertiary/aromatic N) is 2. The van der Waals surface area contributed by atoms with Gasteiger partial charge < -0.3 is 15.5 Å². The third-order valence-electron chi connectivity index (χ3n) is 4.00. The van der Waals surface area contributed by atoms with Gasteiger partial charge in [-0.3, -0.25) is 10.3 Å². The number of hydrogen-bond acceptors (Lipinski definition) is 7. The highest BCUT2D eigenvalue weighted by atomic mass is 32.1. The quantitative estimate of drug-likeness (QED) is 0.435. The molecule has 0 amide bonds. The normalized spacial score (nSPS) is 16.7. The van der Waals surface area contributed by atoms with Crippen molar-refractivity contribution < 1.29 is 10.2 Å². The summed E-state index contributed by atoms with van der Waals surface area (Å²) in [7, 11) is 1.74. The molecule has 1 atom stereocenters. The lowest BCUT2D eigenvalue weighted by Crippen LogP contribution is -2.36. The number of phenols is 2. The number of phenolic OH excluding ortho intramolecular Hbond substituents is 2. The fraction of sp³-hybridized carbons (Fsp3) is 0.235. The van der Waals surface area contributed by atoms with Crippen LogP contribution in [0, 0.1) is 0 Å². The number of anilines is 2. The van der Waals surface area contributed by atoms with Crippen LogP contribution >= 0.6 is 12.6 Å². The Labute approximate surface area is 146 Å². The molecule has 0 fully saturated rings. The molecule has 1 aliphatic rings. The number of thiol groups is 1. The number of hydrazone groups is 1. The number of hydrogen-bond donors (Lipinski definition) is 5. The summed E-state index contributed by atoms with van der Waals surface area (Å²) in [5, 5.41) is 27.6. The Morgan fingerprint density at radius 2 is 2.00 bits per heavy atom. The second kappa shape index (κ2) is 6.52. The lowest BCUT2D eigenvalue weighted by atomic mass is 10.1. The highest BCUT2D eigenvalue weighted by Crippen LogP contribution is 2.33. The molecule has 0 saturated carbocycles. The molecule has 7 heteroatoms. The van der Waals surface area contributed by atoms with Gasteiger partial charge in [-0.2, -0.15) is 5.10 Å². The van der Waals surface area contributed by atoms with E-state index < -0.39 is 5.50 Å². The number of aryl methyl sites for hydroxylation is 1. The van der Waals surface area contributed by atoms with Crippen molar-refractivity contribution in [2.45, 2.75) is 18.8 Å². The Kier molecular flexibility index (Phi) is 4.44. The third-order valence-corrected chi connectivity index (χ3v) is 4.34. The minimum atomic E-state index is -0.399. The first-order chi connectivity index (χ1) is 11.5. The van der Waals surface area contributed by atoms with Gasteiger partial charge in [0.1, 0.15) is 11.5 Å². The van der Waals surface area contributed by atoms with Crippen molar-refractivity contribution in [1.29, 1.82) is 0 Å². The lowest BCUT2D eigenvalue weighted by molar-refractivity contribution is 0.474. The molecule has 2 aromatic rings. The summed E-state index contributed by atoms with van der Waals surface area (Å²) >= 11 is 4.50. The molecular formula is C17H20N4O2S. The minimum absolute atomic E-state index is 0.133. The van der Waals surface area contributed by atoms with E-state index in [1.54, 1.807) is 25.2 Å². The van der Waals surface area contributed by atoms with Crippen LogP contribution in [0.1, 0.15) is 18.1 Å². The predicted octanol–water partition coefficient (Wildman–Crippen LogP) is 2.69. The van der Waals surface area contributed by atoms with E-state index >= 15 is 0 Å². The van der Waals surface area contributed by atoms with Gasteiger partial charge in [-0.25, -0.2) is 0 Å². The Morgan fingerprint density at radius 1 is 1.21 bits per heavy atom. The number of rotatable bonds is 4. The van der Waals surface area contributed by atoms with Gasteiger partial charge in [0.15, 0.2) is 11.3 Å². The summed E-state index contributed by atoms with van der Waals surface area (Å²) in [6.07, 6.45) is 0.857. The number of nitrogens with one attached hydrogen (secondary N) is 2. The molecule has 0 spiro atoms. The molecule has 1 unspecified atom stereocenters. The van der Waals surface area contributed by atoms with Gasteiger partial charge in [0.2, 0.25) is 0 Å². The average molecular weight is 344 g/mol. The van der Waals surface area contributed by atoms with Gasteiger partial charge in [0.25, 0.3) is 0 Å². The Balaban J connectivity index is 2.04. The van der Waals surface area contributed by atoms with Crippen molar-refractivity contribution >= 4 is 29.8 Å². The molecule has 1 aliphatic heterocycles. The standard InChI is InChI=1S/C17H20N4O2S/c1-3-10-4-7-14(22)12(8-10)16-19-20-17(24)21(16)11-5-6-13(18-2)15(23)9-11/h4-9,17-18,20,22-24H,3H2,1-2H3. The predicted molar refractivity (Wildman–Crippen MR) is 100 cm³/mol. The molecule has 24 heavy (non-hydrogen) atoms. The largest absolute Gasteiger partial charge is 0.507 e.